The number of hydrogen-bond acceptors (Lipinski definition) is 8. The van der Waals surface area contributed by atoms with Gasteiger partial charge in [0.1, 0.15) is 29.3 Å². The van der Waals surface area contributed by atoms with Crippen molar-refractivity contribution in [3.05, 3.63) is 141 Å². The van der Waals surface area contributed by atoms with E-state index >= 15 is 0 Å². The number of fused-ring (bicyclic) bond motifs is 2. The van der Waals surface area contributed by atoms with E-state index in [0.29, 0.717) is 46.3 Å². The fourth-order valence-electron chi connectivity index (χ4n) is 6.25. The highest BCUT2D eigenvalue weighted by molar-refractivity contribution is 6.41. The monoisotopic (exact) mass is 747 g/mol. The Labute approximate surface area is 314 Å². The molecule has 0 radical (unpaired) electrons. The Morgan fingerprint density at radius 3 is 2.38 bits per heavy atom. The Balaban J connectivity index is 0.959. The second kappa shape index (κ2) is 15.4. The van der Waals surface area contributed by atoms with Crippen molar-refractivity contribution in [1.29, 1.82) is 5.26 Å². The number of anilines is 1. The maximum atomic E-state index is 13.3. The number of ether oxygens (including phenoxy) is 2. The van der Waals surface area contributed by atoms with E-state index in [1.165, 1.54) is 0 Å². The number of rotatable bonds is 10. The lowest BCUT2D eigenvalue weighted by Gasteiger charge is -2.31. The molecule has 0 spiro atoms. The molecule has 266 valence electrons. The highest BCUT2D eigenvalue weighted by Gasteiger charge is 2.33. The molecule has 53 heavy (non-hydrogen) atoms. The first kappa shape index (κ1) is 35.5. The van der Waals surface area contributed by atoms with Crippen LogP contribution in [0.3, 0.4) is 0 Å². The molecule has 11 nitrogen and oxygen atoms in total. The zero-order valence-electron chi connectivity index (χ0n) is 27.9. The van der Waals surface area contributed by atoms with Crippen molar-refractivity contribution in [2.75, 3.05) is 5.32 Å². The van der Waals surface area contributed by atoms with Crippen LogP contribution < -0.4 is 25.4 Å². The van der Waals surface area contributed by atoms with Gasteiger partial charge in [-0.1, -0.05) is 71.7 Å². The molecule has 3 heterocycles. The van der Waals surface area contributed by atoms with Crippen molar-refractivity contribution in [1.82, 2.24) is 15.6 Å². The van der Waals surface area contributed by atoms with Crippen LogP contribution in [-0.2, 0) is 40.4 Å². The minimum Gasteiger partial charge on any atom is -0.489 e. The zero-order chi connectivity index (χ0) is 37.1. The van der Waals surface area contributed by atoms with E-state index in [1.807, 2.05) is 42.5 Å². The smallest absolute Gasteiger partial charge is 0.326 e. The lowest BCUT2D eigenvalue weighted by Crippen LogP contribution is -2.52. The molecular weight excluding hydrogens is 717 g/mol. The molecule has 5 aromatic rings. The fraction of sp³-hybridized carbons (Fsp3) is 0.175. The normalized spacial score (nSPS) is 16.5. The molecule has 2 amide bonds. The quantitative estimate of drug-likeness (QED) is 0.118. The molecule has 0 bridgehead atoms. The summed E-state index contributed by atoms with van der Waals surface area (Å²) in [5.74, 6) is -0.833. The maximum Gasteiger partial charge on any atom is 0.326 e. The first-order chi connectivity index (χ1) is 25.6. The van der Waals surface area contributed by atoms with Crippen molar-refractivity contribution in [2.24, 2.45) is 0 Å². The average Bonchev–Trinajstić information content (AvgIpc) is 3.17. The average molecular weight is 749 g/mol. The van der Waals surface area contributed by atoms with Gasteiger partial charge in [-0.3, -0.25) is 9.59 Å². The number of nitrogens with zero attached hydrogens (tertiary/aromatic N) is 2. The van der Waals surface area contributed by atoms with Crippen LogP contribution in [0.5, 0.6) is 11.5 Å². The Morgan fingerprint density at radius 1 is 0.981 bits per heavy atom. The third kappa shape index (κ3) is 8.10. The summed E-state index contributed by atoms with van der Waals surface area (Å²) in [6.45, 7) is 0.577. The van der Waals surface area contributed by atoms with E-state index in [9.17, 15) is 19.5 Å². The maximum absolute atomic E-state index is 13.3. The number of pyridine rings is 1. The van der Waals surface area contributed by atoms with Gasteiger partial charge in [0.25, 0.3) is 5.91 Å². The van der Waals surface area contributed by atoms with Gasteiger partial charge in [-0.2, -0.15) is 5.26 Å². The Morgan fingerprint density at radius 2 is 1.70 bits per heavy atom. The first-order valence-corrected chi connectivity index (χ1v) is 17.4. The number of amides is 2. The number of carbonyl (C=O) groups excluding carboxylic acids is 2. The standard InChI is InChI=1S/C40H31Cl2N5O6/c41-31-13-24(19-45-37(31)42)21-52-30-11-9-27(10-12-30)36-39(49)46-32-15-28-16-33(44-20-29(28)17-35(32)53-36)38(48)47-34(40(50)51)14-22-1-5-25(6-2-22)26-7-3-23(18-43)4-8-26/h1-13,15,17,19,33-34,36,44H,14,16,20-21H2,(H,46,49)(H,47,48)(H,50,51)/t33?,34-,36-/m0/s1. The van der Waals surface area contributed by atoms with Crippen molar-refractivity contribution in [3.8, 4) is 28.7 Å². The van der Waals surface area contributed by atoms with Crippen LogP contribution in [0.1, 0.15) is 39.5 Å². The van der Waals surface area contributed by atoms with Gasteiger partial charge in [0.15, 0.2) is 0 Å². The Kier molecular flexibility index (Phi) is 10.3. The van der Waals surface area contributed by atoms with Gasteiger partial charge in [-0.05, 0) is 76.7 Å². The summed E-state index contributed by atoms with van der Waals surface area (Å²) in [6.07, 6.45) is 1.09. The number of hydrogen-bond donors (Lipinski definition) is 4. The molecular formula is C40H31Cl2N5O6. The molecule has 3 atom stereocenters. The van der Waals surface area contributed by atoms with Gasteiger partial charge >= 0.3 is 5.97 Å². The number of carbonyl (C=O) groups is 3. The second-order valence-corrected chi connectivity index (χ2v) is 13.5. The number of benzene rings is 4. The zero-order valence-corrected chi connectivity index (χ0v) is 29.4. The van der Waals surface area contributed by atoms with Gasteiger partial charge in [0.05, 0.1) is 28.4 Å². The molecule has 0 saturated carbocycles. The number of aliphatic carboxylic acids is 1. The number of nitrogens with one attached hydrogen (secondary N) is 3. The van der Waals surface area contributed by atoms with Crippen LogP contribution in [0.25, 0.3) is 11.1 Å². The van der Waals surface area contributed by atoms with Crippen LogP contribution in [0.2, 0.25) is 10.2 Å². The third-order valence-electron chi connectivity index (χ3n) is 9.12. The molecule has 1 unspecified atom stereocenters. The number of carboxylic acid groups (broad SMARTS) is 1. The second-order valence-electron chi connectivity index (χ2n) is 12.7. The van der Waals surface area contributed by atoms with Crippen LogP contribution in [-0.4, -0.2) is 40.0 Å². The van der Waals surface area contributed by atoms with Crippen LogP contribution in [0, 0.1) is 11.3 Å². The van der Waals surface area contributed by atoms with Crippen LogP contribution >= 0.6 is 23.2 Å². The van der Waals surface area contributed by atoms with Crippen molar-refractivity contribution in [3.63, 3.8) is 0 Å². The summed E-state index contributed by atoms with van der Waals surface area (Å²) in [5, 5.41) is 28.4. The summed E-state index contributed by atoms with van der Waals surface area (Å²) < 4.78 is 12.0. The van der Waals surface area contributed by atoms with E-state index in [-0.39, 0.29) is 24.1 Å². The molecule has 0 fully saturated rings. The molecule has 13 heteroatoms. The minimum absolute atomic E-state index is 0.0995. The first-order valence-electron chi connectivity index (χ1n) is 16.7. The van der Waals surface area contributed by atoms with Gasteiger partial charge in [-0.25, -0.2) is 9.78 Å². The third-order valence-corrected chi connectivity index (χ3v) is 9.81. The van der Waals surface area contributed by atoms with E-state index in [2.05, 4.69) is 27.0 Å². The number of nitriles is 1. The summed E-state index contributed by atoms with van der Waals surface area (Å²) in [4.78, 5) is 42.7. The largest absolute Gasteiger partial charge is 0.489 e. The van der Waals surface area contributed by atoms with Crippen molar-refractivity contribution >= 4 is 46.7 Å². The van der Waals surface area contributed by atoms with E-state index in [1.54, 1.807) is 54.7 Å². The molecule has 1 aromatic heterocycles. The fourth-order valence-corrected chi connectivity index (χ4v) is 6.54. The topological polar surface area (TPSA) is 163 Å². The lowest BCUT2D eigenvalue weighted by molar-refractivity contribution is -0.142. The minimum atomic E-state index is -1.14. The van der Waals surface area contributed by atoms with Gasteiger partial charge in [0.2, 0.25) is 12.0 Å². The van der Waals surface area contributed by atoms with Crippen molar-refractivity contribution in [2.45, 2.75) is 44.2 Å². The van der Waals surface area contributed by atoms with E-state index in [0.717, 1.165) is 33.4 Å². The summed E-state index contributed by atoms with van der Waals surface area (Å²) in [7, 11) is 0. The number of halogens is 2. The highest BCUT2D eigenvalue weighted by atomic mass is 35.5. The molecule has 2 aliphatic heterocycles. The van der Waals surface area contributed by atoms with E-state index < -0.39 is 30.1 Å². The molecule has 7 rings (SSSR count). The number of carboxylic acids is 1. The van der Waals surface area contributed by atoms with Crippen molar-refractivity contribution < 1.29 is 29.0 Å². The predicted octanol–water partition coefficient (Wildman–Crippen LogP) is 6.40. The predicted molar refractivity (Wildman–Crippen MR) is 198 cm³/mol. The Bertz CT molecular complexity index is 2240. The van der Waals surface area contributed by atoms with Gasteiger partial charge < -0.3 is 30.5 Å². The molecule has 4 aromatic carbocycles. The molecule has 0 saturated heterocycles. The van der Waals surface area contributed by atoms with E-state index in [4.69, 9.17) is 37.9 Å². The number of aromatic nitrogens is 1. The highest BCUT2D eigenvalue weighted by Crippen LogP contribution is 2.38. The molecule has 4 N–H and O–H groups in total. The molecule has 0 aliphatic carbocycles. The van der Waals surface area contributed by atoms with Gasteiger partial charge in [0, 0.05) is 30.3 Å². The summed E-state index contributed by atoms with van der Waals surface area (Å²) in [5.41, 5.74) is 6.81. The van der Waals surface area contributed by atoms with Gasteiger partial charge in [-0.15, -0.1) is 0 Å². The Hall–Kier alpha value is -5.93. The van der Waals surface area contributed by atoms with Crippen LogP contribution in [0.4, 0.5) is 5.69 Å². The molecule has 2 aliphatic rings. The SMILES string of the molecule is N#Cc1ccc(-c2ccc(C[C@H](NC(=O)C3Cc4cc5c(cc4CN3)O[C@@H](c3ccc(OCc4cnc(Cl)c(Cl)c4)cc3)C(=O)N5)C(=O)O)cc2)cc1. The van der Waals surface area contributed by atoms with Crippen LogP contribution in [0.15, 0.2) is 97.2 Å². The lowest BCUT2D eigenvalue weighted by atomic mass is 9.93. The summed E-state index contributed by atoms with van der Waals surface area (Å²) >= 11 is 11.9. The summed E-state index contributed by atoms with van der Waals surface area (Å²) in [6, 6.07) is 27.3.